The molecule has 116 valence electrons. The van der Waals surface area contributed by atoms with E-state index in [0.29, 0.717) is 13.0 Å². The first-order valence-electron chi connectivity index (χ1n) is 7.67. The van der Waals surface area contributed by atoms with Crippen LogP contribution in [0.4, 0.5) is 0 Å². The van der Waals surface area contributed by atoms with Gasteiger partial charge in [-0.05, 0) is 30.8 Å². The van der Waals surface area contributed by atoms with E-state index in [1.807, 2.05) is 23.6 Å². The lowest BCUT2D eigenvalue weighted by Gasteiger charge is -2.27. The van der Waals surface area contributed by atoms with Crippen molar-refractivity contribution in [2.75, 3.05) is 25.1 Å². The third kappa shape index (κ3) is 5.35. The molecular weight excluding hydrogens is 272 g/mol. The van der Waals surface area contributed by atoms with E-state index in [1.54, 1.807) is 0 Å². The van der Waals surface area contributed by atoms with Crippen LogP contribution in [0.1, 0.15) is 46.0 Å². The number of hydrogen-bond acceptors (Lipinski definition) is 3. The number of rotatable bonds is 8. The Balaban J connectivity index is 2.51. The highest BCUT2D eigenvalue weighted by atomic mass is 32.2. The lowest BCUT2D eigenvalue weighted by atomic mass is 9.98. The van der Waals surface area contributed by atoms with Crippen molar-refractivity contribution in [3.05, 3.63) is 0 Å². The Morgan fingerprint density at radius 1 is 1.35 bits per heavy atom. The summed E-state index contributed by atoms with van der Waals surface area (Å²) in [7, 11) is 0. The number of thioether (sulfide) groups is 1. The third-order valence-corrected chi connectivity index (χ3v) is 4.69. The number of unbranched alkanes of at least 4 members (excludes halogenated alkanes) is 2. The van der Waals surface area contributed by atoms with Gasteiger partial charge in [-0.25, -0.2) is 0 Å². The first kappa shape index (κ1) is 17.3. The molecule has 2 amide bonds. The van der Waals surface area contributed by atoms with Crippen molar-refractivity contribution in [3.63, 3.8) is 0 Å². The minimum Gasteiger partial charge on any atom is -0.344 e. The van der Waals surface area contributed by atoms with Crippen molar-refractivity contribution in [3.8, 4) is 0 Å². The highest BCUT2D eigenvalue weighted by Gasteiger charge is 2.32. The fourth-order valence-corrected chi connectivity index (χ4v) is 2.91. The molecule has 4 nitrogen and oxygen atoms in total. The summed E-state index contributed by atoms with van der Waals surface area (Å²) in [6, 6.07) is -0.332. The number of hydrogen-bond donors (Lipinski definition) is 1. The quantitative estimate of drug-likeness (QED) is 0.700. The standard InChI is InChI=1S/C15H28N2O2S/c1-4-12(2)14-15(19)17(10-8-13(18)16-14)9-6-5-7-11-20-3/h12,14H,4-11H2,1-3H3,(H,16,18). The van der Waals surface area contributed by atoms with Crippen molar-refractivity contribution in [1.29, 1.82) is 0 Å². The van der Waals surface area contributed by atoms with Crippen molar-refractivity contribution < 1.29 is 9.59 Å². The van der Waals surface area contributed by atoms with Gasteiger partial charge >= 0.3 is 0 Å². The minimum atomic E-state index is -0.332. The van der Waals surface area contributed by atoms with Crippen LogP contribution in [0.25, 0.3) is 0 Å². The van der Waals surface area contributed by atoms with Crippen molar-refractivity contribution in [2.24, 2.45) is 5.92 Å². The summed E-state index contributed by atoms with van der Waals surface area (Å²) in [4.78, 5) is 26.1. The van der Waals surface area contributed by atoms with E-state index in [9.17, 15) is 9.59 Å². The molecule has 1 aliphatic heterocycles. The molecule has 5 heteroatoms. The van der Waals surface area contributed by atoms with Gasteiger partial charge in [-0.1, -0.05) is 26.7 Å². The summed E-state index contributed by atoms with van der Waals surface area (Å²) in [6.45, 7) is 5.45. The van der Waals surface area contributed by atoms with Gasteiger partial charge in [0.05, 0.1) is 0 Å². The Bertz CT molecular complexity index is 323. The van der Waals surface area contributed by atoms with E-state index >= 15 is 0 Å². The van der Waals surface area contributed by atoms with Crippen LogP contribution in [0.3, 0.4) is 0 Å². The first-order chi connectivity index (χ1) is 9.60. The number of carbonyl (C=O) groups excluding carboxylic acids is 2. The number of carbonyl (C=O) groups is 2. The van der Waals surface area contributed by atoms with Crippen LogP contribution in [0.2, 0.25) is 0 Å². The Labute approximate surface area is 127 Å². The molecule has 1 rings (SSSR count). The van der Waals surface area contributed by atoms with Crippen LogP contribution in [0.5, 0.6) is 0 Å². The molecule has 2 atom stereocenters. The molecule has 1 fully saturated rings. The van der Waals surface area contributed by atoms with E-state index in [2.05, 4.69) is 18.5 Å². The van der Waals surface area contributed by atoms with E-state index < -0.39 is 0 Å². The maximum absolute atomic E-state index is 12.5. The second-order valence-corrected chi connectivity index (χ2v) is 6.55. The predicted molar refractivity (Wildman–Crippen MR) is 84.8 cm³/mol. The maximum Gasteiger partial charge on any atom is 0.245 e. The monoisotopic (exact) mass is 300 g/mol. The molecular formula is C15H28N2O2S. The lowest BCUT2D eigenvalue weighted by Crippen LogP contribution is -2.48. The zero-order chi connectivity index (χ0) is 15.0. The minimum absolute atomic E-state index is 0.00790. The van der Waals surface area contributed by atoms with Crippen LogP contribution < -0.4 is 5.32 Å². The van der Waals surface area contributed by atoms with Gasteiger partial charge in [-0.3, -0.25) is 9.59 Å². The van der Waals surface area contributed by atoms with Crippen LogP contribution in [-0.4, -0.2) is 47.9 Å². The molecule has 0 aliphatic carbocycles. The average Bonchev–Trinajstić information content (AvgIpc) is 2.59. The summed E-state index contributed by atoms with van der Waals surface area (Å²) < 4.78 is 0. The summed E-state index contributed by atoms with van der Waals surface area (Å²) in [6.07, 6.45) is 6.84. The van der Waals surface area contributed by atoms with Gasteiger partial charge in [-0.15, -0.1) is 0 Å². The van der Waals surface area contributed by atoms with Crippen molar-refractivity contribution in [2.45, 2.75) is 52.0 Å². The van der Waals surface area contributed by atoms with E-state index in [0.717, 1.165) is 25.8 Å². The predicted octanol–water partition coefficient (Wildman–Crippen LogP) is 2.28. The summed E-state index contributed by atoms with van der Waals surface area (Å²) >= 11 is 1.86. The smallest absolute Gasteiger partial charge is 0.245 e. The van der Waals surface area contributed by atoms with Gasteiger partial charge in [0, 0.05) is 19.5 Å². The number of amides is 2. The van der Waals surface area contributed by atoms with E-state index in [-0.39, 0.29) is 23.8 Å². The Hall–Kier alpha value is -0.710. The Kier molecular flexibility index (Phi) is 8.04. The molecule has 0 aromatic rings. The fourth-order valence-electron chi connectivity index (χ4n) is 2.42. The fraction of sp³-hybridized carbons (Fsp3) is 0.867. The molecule has 0 saturated carbocycles. The largest absolute Gasteiger partial charge is 0.344 e. The first-order valence-corrected chi connectivity index (χ1v) is 9.06. The summed E-state index contributed by atoms with van der Waals surface area (Å²) in [5.41, 5.74) is 0. The van der Waals surface area contributed by atoms with Gasteiger partial charge in [0.2, 0.25) is 11.8 Å². The zero-order valence-corrected chi connectivity index (χ0v) is 13.8. The molecule has 20 heavy (non-hydrogen) atoms. The summed E-state index contributed by atoms with van der Waals surface area (Å²) in [5, 5.41) is 2.89. The van der Waals surface area contributed by atoms with Gasteiger partial charge < -0.3 is 10.2 Å². The molecule has 0 radical (unpaired) electrons. The summed E-state index contributed by atoms with van der Waals surface area (Å²) in [5.74, 6) is 1.50. The molecule has 1 saturated heterocycles. The van der Waals surface area contributed by atoms with Crippen molar-refractivity contribution in [1.82, 2.24) is 10.2 Å². The second kappa shape index (κ2) is 9.27. The molecule has 0 aromatic carbocycles. The van der Waals surface area contributed by atoms with E-state index in [1.165, 1.54) is 12.2 Å². The average molecular weight is 300 g/mol. The SMILES string of the molecule is CCC(C)C1NC(=O)CCN(CCCCCSC)C1=O. The third-order valence-electron chi connectivity index (χ3n) is 3.99. The molecule has 0 spiro atoms. The van der Waals surface area contributed by atoms with Crippen LogP contribution in [-0.2, 0) is 9.59 Å². The van der Waals surface area contributed by atoms with Crippen LogP contribution >= 0.6 is 11.8 Å². The second-order valence-electron chi connectivity index (χ2n) is 5.56. The zero-order valence-electron chi connectivity index (χ0n) is 13.0. The van der Waals surface area contributed by atoms with Gasteiger partial charge in [0.25, 0.3) is 0 Å². The number of nitrogens with one attached hydrogen (secondary N) is 1. The molecule has 1 aliphatic rings. The highest BCUT2D eigenvalue weighted by molar-refractivity contribution is 7.98. The molecule has 1 N–H and O–H groups in total. The van der Waals surface area contributed by atoms with E-state index in [4.69, 9.17) is 0 Å². The van der Waals surface area contributed by atoms with Crippen LogP contribution in [0, 0.1) is 5.92 Å². The van der Waals surface area contributed by atoms with Gasteiger partial charge in [0.1, 0.15) is 6.04 Å². The van der Waals surface area contributed by atoms with Gasteiger partial charge in [0.15, 0.2) is 0 Å². The lowest BCUT2D eigenvalue weighted by molar-refractivity contribution is -0.135. The Morgan fingerprint density at radius 2 is 2.10 bits per heavy atom. The highest BCUT2D eigenvalue weighted by Crippen LogP contribution is 2.15. The maximum atomic E-state index is 12.5. The molecule has 0 aromatic heterocycles. The topological polar surface area (TPSA) is 49.4 Å². The van der Waals surface area contributed by atoms with Crippen LogP contribution in [0.15, 0.2) is 0 Å². The molecule has 1 heterocycles. The molecule has 0 bridgehead atoms. The van der Waals surface area contributed by atoms with Gasteiger partial charge in [-0.2, -0.15) is 11.8 Å². The number of nitrogens with zero attached hydrogens (tertiary/aromatic N) is 1. The molecule has 2 unspecified atom stereocenters. The normalized spacial score (nSPS) is 21.6. The Morgan fingerprint density at radius 3 is 2.75 bits per heavy atom. The van der Waals surface area contributed by atoms with Crippen molar-refractivity contribution >= 4 is 23.6 Å².